The lowest BCUT2D eigenvalue weighted by atomic mass is 10.1. The van der Waals surface area contributed by atoms with E-state index in [1.165, 1.54) is 0 Å². The fraction of sp³-hybridized carbons (Fsp3) is 0.562. The number of ether oxygens (including phenoxy) is 1. The third-order valence-corrected chi connectivity index (χ3v) is 3.79. The highest BCUT2D eigenvalue weighted by atomic mass is 32.1. The molecule has 122 valence electrons. The molecule has 1 aromatic carbocycles. The molecule has 0 saturated carbocycles. The fourth-order valence-corrected chi connectivity index (χ4v) is 2.41. The van der Waals surface area contributed by atoms with E-state index in [1.54, 1.807) is 0 Å². The van der Waals surface area contributed by atoms with Gasteiger partial charge in [0, 0.05) is 12.1 Å². The van der Waals surface area contributed by atoms with E-state index in [0.29, 0.717) is 17.1 Å². The van der Waals surface area contributed by atoms with Gasteiger partial charge in [0.05, 0.1) is 5.52 Å². The second-order valence-electron chi connectivity index (χ2n) is 6.74. The number of aliphatic hydroxyl groups excluding tert-OH is 1. The molecule has 4 N–H and O–H groups in total. The monoisotopic (exact) mass is 323 g/mol. The minimum absolute atomic E-state index is 0.0274. The average molecular weight is 323 g/mol. The summed E-state index contributed by atoms with van der Waals surface area (Å²) in [6, 6.07) is 1.97. The van der Waals surface area contributed by atoms with Crippen LogP contribution in [0.15, 0.2) is 6.07 Å². The van der Waals surface area contributed by atoms with Crippen molar-refractivity contribution < 1.29 is 9.84 Å². The number of rotatable bonds is 5. The Morgan fingerprint density at radius 3 is 2.55 bits per heavy atom. The molecule has 2 aromatic rings. The summed E-state index contributed by atoms with van der Waals surface area (Å²) in [5.74, 6) is 0.709. The average Bonchev–Trinajstić information content (AvgIpc) is 2.80. The van der Waals surface area contributed by atoms with Crippen LogP contribution in [0.4, 0.5) is 0 Å². The summed E-state index contributed by atoms with van der Waals surface area (Å²) in [4.78, 5) is 6.26. The van der Waals surface area contributed by atoms with Crippen molar-refractivity contribution in [2.45, 2.75) is 46.3 Å². The van der Waals surface area contributed by atoms with Crippen LogP contribution in [0.5, 0.6) is 5.75 Å². The van der Waals surface area contributed by atoms with E-state index < -0.39 is 6.10 Å². The second-order valence-corrected chi connectivity index (χ2v) is 7.15. The maximum absolute atomic E-state index is 10.0. The van der Waals surface area contributed by atoms with E-state index in [-0.39, 0.29) is 12.1 Å². The third kappa shape index (κ3) is 4.09. The Hall–Kier alpha value is -1.37. The number of nitrogens with one attached hydrogen (secondary N) is 3. The van der Waals surface area contributed by atoms with Crippen molar-refractivity contribution in [3.8, 4) is 5.75 Å². The summed E-state index contributed by atoms with van der Waals surface area (Å²) in [6.07, 6.45) is -0.571. The molecule has 0 aliphatic rings. The van der Waals surface area contributed by atoms with Gasteiger partial charge in [0.25, 0.3) is 0 Å². The van der Waals surface area contributed by atoms with E-state index in [4.69, 9.17) is 17.0 Å². The molecule has 2 rings (SSSR count). The summed E-state index contributed by atoms with van der Waals surface area (Å²) < 4.78 is 6.38. The number of aliphatic hydroxyl groups is 1. The van der Waals surface area contributed by atoms with E-state index in [1.807, 2.05) is 19.9 Å². The molecule has 22 heavy (non-hydrogen) atoms. The molecule has 0 amide bonds. The highest BCUT2D eigenvalue weighted by molar-refractivity contribution is 7.71. The van der Waals surface area contributed by atoms with Crippen molar-refractivity contribution in [3.63, 3.8) is 0 Å². The third-order valence-electron chi connectivity index (χ3n) is 3.59. The molecule has 1 atom stereocenters. The van der Waals surface area contributed by atoms with E-state index >= 15 is 0 Å². The highest BCUT2D eigenvalue weighted by Crippen LogP contribution is 2.28. The van der Waals surface area contributed by atoms with Crippen molar-refractivity contribution in [2.24, 2.45) is 0 Å². The number of aromatic nitrogens is 2. The molecule has 0 spiro atoms. The van der Waals surface area contributed by atoms with Gasteiger partial charge in [-0.1, -0.05) is 0 Å². The van der Waals surface area contributed by atoms with Crippen LogP contribution >= 0.6 is 12.2 Å². The largest absolute Gasteiger partial charge is 0.489 e. The van der Waals surface area contributed by atoms with Crippen LogP contribution in [0.1, 0.15) is 31.9 Å². The number of aromatic amines is 2. The Balaban J connectivity index is 2.12. The van der Waals surface area contributed by atoms with Crippen molar-refractivity contribution in [2.75, 3.05) is 13.2 Å². The van der Waals surface area contributed by atoms with Gasteiger partial charge in [0.1, 0.15) is 24.0 Å². The molecule has 1 aromatic heterocycles. The summed E-state index contributed by atoms with van der Waals surface area (Å²) in [5.41, 5.74) is 4.05. The predicted octanol–water partition coefficient (Wildman–Crippen LogP) is 2.97. The first-order valence-electron chi connectivity index (χ1n) is 7.45. The minimum atomic E-state index is -0.571. The number of fused-ring (bicyclic) bond motifs is 1. The zero-order valence-electron chi connectivity index (χ0n) is 13.8. The van der Waals surface area contributed by atoms with Crippen LogP contribution in [-0.4, -0.2) is 39.9 Å². The number of imidazole rings is 1. The second kappa shape index (κ2) is 6.40. The molecule has 1 heterocycles. The van der Waals surface area contributed by atoms with Gasteiger partial charge in [-0.05, 0) is 64.0 Å². The number of H-pyrrole nitrogens is 2. The SMILES string of the molecule is Cc1cc(OCC(O)CNC(C)(C)C)c2[nH]c(=S)[nH]c2c1C. The van der Waals surface area contributed by atoms with Gasteiger partial charge in [0.15, 0.2) is 4.77 Å². The van der Waals surface area contributed by atoms with Gasteiger partial charge in [-0.25, -0.2) is 0 Å². The molecule has 0 aliphatic carbocycles. The molecular formula is C16H25N3O2S. The number of benzene rings is 1. The molecule has 0 fully saturated rings. The van der Waals surface area contributed by atoms with E-state index in [9.17, 15) is 5.11 Å². The van der Waals surface area contributed by atoms with E-state index in [2.05, 4.69) is 36.1 Å². The Bertz CT molecular complexity index is 712. The maximum atomic E-state index is 10.0. The molecule has 0 aliphatic heterocycles. The van der Waals surface area contributed by atoms with Crippen LogP contribution in [0, 0.1) is 18.6 Å². The van der Waals surface area contributed by atoms with Crippen molar-refractivity contribution in [1.29, 1.82) is 0 Å². The zero-order chi connectivity index (χ0) is 16.5. The Kier molecular flexibility index (Phi) is 4.94. The lowest BCUT2D eigenvalue weighted by Crippen LogP contribution is -2.42. The van der Waals surface area contributed by atoms with Gasteiger partial charge in [0.2, 0.25) is 0 Å². The van der Waals surface area contributed by atoms with Crippen LogP contribution in [-0.2, 0) is 0 Å². The van der Waals surface area contributed by atoms with Crippen LogP contribution in [0.2, 0.25) is 0 Å². The Labute approximate surface area is 136 Å². The minimum Gasteiger partial charge on any atom is -0.489 e. The van der Waals surface area contributed by atoms with E-state index in [0.717, 1.165) is 22.2 Å². The van der Waals surface area contributed by atoms with Gasteiger partial charge in [-0.3, -0.25) is 0 Å². The van der Waals surface area contributed by atoms with Gasteiger partial charge in [-0.15, -0.1) is 0 Å². The summed E-state index contributed by atoms with van der Waals surface area (Å²) in [7, 11) is 0. The molecule has 0 radical (unpaired) electrons. The first-order chi connectivity index (χ1) is 10.2. The molecule has 0 saturated heterocycles. The van der Waals surface area contributed by atoms with Gasteiger partial charge in [-0.2, -0.15) is 0 Å². The molecule has 0 bridgehead atoms. The summed E-state index contributed by atoms with van der Waals surface area (Å²) >= 11 is 5.17. The highest BCUT2D eigenvalue weighted by Gasteiger charge is 2.15. The molecule has 6 heteroatoms. The first-order valence-corrected chi connectivity index (χ1v) is 7.86. The zero-order valence-corrected chi connectivity index (χ0v) is 14.6. The lowest BCUT2D eigenvalue weighted by Gasteiger charge is -2.23. The standard InChI is InChI=1S/C16H25N3O2S/c1-9-6-12(14-13(10(9)2)18-15(22)19-14)21-8-11(20)7-17-16(3,4)5/h6,11,17,20H,7-8H2,1-5H3,(H2,18,19,22). The van der Waals surface area contributed by atoms with Crippen LogP contribution in [0.3, 0.4) is 0 Å². The van der Waals surface area contributed by atoms with Crippen molar-refractivity contribution >= 4 is 23.3 Å². The van der Waals surface area contributed by atoms with Crippen molar-refractivity contribution in [3.05, 3.63) is 22.0 Å². The normalized spacial score (nSPS) is 13.5. The maximum Gasteiger partial charge on any atom is 0.175 e. The topological polar surface area (TPSA) is 73.1 Å². The van der Waals surface area contributed by atoms with Crippen LogP contribution in [0.25, 0.3) is 11.0 Å². The summed E-state index contributed by atoms with van der Waals surface area (Å²) in [6.45, 7) is 11.0. The summed E-state index contributed by atoms with van der Waals surface area (Å²) in [5, 5.41) is 13.3. The quantitative estimate of drug-likeness (QED) is 0.638. The number of β-amino-alcohol motifs (C(OH)–C–C–N with tert-alkyl or cyclic N) is 1. The Morgan fingerprint density at radius 2 is 1.91 bits per heavy atom. The van der Waals surface area contributed by atoms with Crippen LogP contribution < -0.4 is 10.1 Å². The Morgan fingerprint density at radius 1 is 1.27 bits per heavy atom. The lowest BCUT2D eigenvalue weighted by molar-refractivity contribution is 0.101. The first kappa shape index (κ1) is 17.0. The molecular weight excluding hydrogens is 298 g/mol. The smallest absolute Gasteiger partial charge is 0.175 e. The van der Waals surface area contributed by atoms with Gasteiger partial charge < -0.3 is 25.1 Å². The number of aryl methyl sites for hydroxylation is 2. The molecule has 1 unspecified atom stereocenters. The fourth-order valence-electron chi connectivity index (χ4n) is 2.21. The number of hydrogen-bond donors (Lipinski definition) is 4. The predicted molar refractivity (Wildman–Crippen MR) is 92.2 cm³/mol. The van der Waals surface area contributed by atoms with Gasteiger partial charge >= 0.3 is 0 Å². The number of hydrogen-bond acceptors (Lipinski definition) is 4. The van der Waals surface area contributed by atoms with Crippen molar-refractivity contribution in [1.82, 2.24) is 15.3 Å². The molecule has 5 nitrogen and oxygen atoms in total.